The Labute approximate surface area is 113 Å². The Bertz CT molecular complexity index is 433. The lowest BCUT2D eigenvalue weighted by Gasteiger charge is -2.17. The Hall–Kier alpha value is -1.26. The number of ether oxygens (including phenoxy) is 1. The van der Waals surface area contributed by atoms with Gasteiger partial charge in [-0.3, -0.25) is 4.79 Å². The highest BCUT2D eigenvalue weighted by atomic mass is 35.5. The topological polar surface area (TPSA) is 64.3 Å². The average Bonchev–Trinajstić information content (AvgIpc) is 3.08. The fourth-order valence-electron chi connectivity index (χ4n) is 1.70. The number of carbonyl (C=O) groups is 1. The fraction of sp³-hybridized carbons (Fsp3) is 0.462. The van der Waals surface area contributed by atoms with Crippen LogP contribution in [-0.2, 0) is 4.79 Å². The van der Waals surface area contributed by atoms with Gasteiger partial charge in [-0.15, -0.1) is 12.4 Å². The third-order valence-electron chi connectivity index (χ3n) is 3.18. The minimum atomic E-state index is -0.618. The van der Waals surface area contributed by atoms with E-state index in [-0.39, 0.29) is 24.4 Å². The van der Waals surface area contributed by atoms with Gasteiger partial charge in [0, 0.05) is 0 Å². The van der Waals surface area contributed by atoms with E-state index in [0.29, 0.717) is 0 Å². The molecule has 0 aromatic heterocycles. The summed E-state index contributed by atoms with van der Waals surface area (Å²) < 4.78 is 5.15. The van der Waals surface area contributed by atoms with Crippen molar-refractivity contribution in [2.24, 2.45) is 5.73 Å². The fourth-order valence-corrected chi connectivity index (χ4v) is 1.70. The first-order valence-corrected chi connectivity index (χ1v) is 5.79. The van der Waals surface area contributed by atoms with Crippen LogP contribution in [0.4, 0.5) is 0 Å². The first-order valence-electron chi connectivity index (χ1n) is 5.79. The molecule has 0 heterocycles. The number of benzene rings is 1. The van der Waals surface area contributed by atoms with E-state index in [1.165, 1.54) is 0 Å². The number of carbonyl (C=O) groups excluding carboxylic acids is 1. The van der Waals surface area contributed by atoms with Crippen molar-refractivity contribution in [1.29, 1.82) is 0 Å². The van der Waals surface area contributed by atoms with Gasteiger partial charge in [0.25, 0.3) is 0 Å². The molecule has 4 nitrogen and oxygen atoms in total. The number of amides is 1. The molecule has 2 rings (SSSR count). The number of halogens is 1. The van der Waals surface area contributed by atoms with Crippen molar-refractivity contribution in [3.05, 3.63) is 29.8 Å². The Morgan fingerprint density at radius 2 is 2.17 bits per heavy atom. The van der Waals surface area contributed by atoms with Crippen LogP contribution in [0.3, 0.4) is 0 Å². The summed E-state index contributed by atoms with van der Waals surface area (Å²) in [4.78, 5) is 11.8. The highest BCUT2D eigenvalue weighted by Crippen LogP contribution is 2.33. The minimum absolute atomic E-state index is 0. The Morgan fingerprint density at radius 1 is 1.50 bits per heavy atom. The van der Waals surface area contributed by atoms with Crippen LogP contribution in [0.25, 0.3) is 0 Å². The molecule has 1 aromatic carbocycles. The molecule has 3 N–H and O–H groups in total. The molecule has 18 heavy (non-hydrogen) atoms. The molecule has 1 amide bonds. The second-order valence-electron chi connectivity index (χ2n) is 4.63. The Morgan fingerprint density at radius 3 is 2.72 bits per heavy atom. The molecule has 0 radical (unpaired) electrons. The summed E-state index contributed by atoms with van der Waals surface area (Å²) in [7, 11) is 1.63. The summed E-state index contributed by atoms with van der Waals surface area (Å²) in [6.07, 6.45) is 1.56. The average molecular weight is 271 g/mol. The lowest BCUT2D eigenvalue weighted by Crippen LogP contribution is -2.43. The Balaban J connectivity index is 0.00000162. The zero-order chi connectivity index (χ0) is 12.5. The van der Waals surface area contributed by atoms with E-state index >= 15 is 0 Å². The van der Waals surface area contributed by atoms with Crippen molar-refractivity contribution in [1.82, 2.24) is 5.32 Å². The molecule has 1 fully saturated rings. The zero-order valence-corrected chi connectivity index (χ0v) is 11.4. The van der Waals surface area contributed by atoms with E-state index < -0.39 is 5.54 Å². The van der Waals surface area contributed by atoms with Gasteiger partial charge in [-0.25, -0.2) is 0 Å². The van der Waals surface area contributed by atoms with E-state index in [0.717, 1.165) is 24.2 Å². The molecule has 0 spiro atoms. The van der Waals surface area contributed by atoms with Crippen molar-refractivity contribution in [3.8, 4) is 5.75 Å². The standard InChI is InChI=1S/C13H18N2O2.ClH/c1-9(15-12(16)13(14)6-7-13)10-4-3-5-11(8-10)17-2;/h3-5,8-9H,6-7,14H2,1-2H3,(H,15,16);1H. The molecule has 100 valence electrons. The summed E-state index contributed by atoms with van der Waals surface area (Å²) in [6, 6.07) is 7.61. The maximum atomic E-state index is 11.8. The predicted octanol–water partition coefficient (Wildman–Crippen LogP) is 1.79. The normalized spacial score (nSPS) is 17.3. The number of rotatable bonds is 4. The quantitative estimate of drug-likeness (QED) is 0.877. The van der Waals surface area contributed by atoms with Gasteiger partial charge in [0.15, 0.2) is 0 Å². The Kier molecular flexibility index (Phi) is 4.59. The number of hydrogen-bond donors (Lipinski definition) is 2. The van der Waals surface area contributed by atoms with Crippen LogP contribution in [0.2, 0.25) is 0 Å². The predicted molar refractivity (Wildman–Crippen MR) is 73.0 cm³/mol. The van der Waals surface area contributed by atoms with Crippen LogP contribution in [-0.4, -0.2) is 18.6 Å². The number of nitrogens with one attached hydrogen (secondary N) is 1. The lowest BCUT2D eigenvalue weighted by atomic mass is 10.1. The molecule has 0 bridgehead atoms. The van der Waals surface area contributed by atoms with Gasteiger partial charge in [-0.05, 0) is 37.5 Å². The molecular formula is C13H19ClN2O2. The second kappa shape index (κ2) is 5.59. The summed E-state index contributed by atoms with van der Waals surface area (Å²) in [5.41, 5.74) is 6.23. The third kappa shape index (κ3) is 3.15. The maximum Gasteiger partial charge on any atom is 0.240 e. The minimum Gasteiger partial charge on any atom is -0.497 e. The van der Waals surface area contributed by atoms with Gasteiger partial charge in [-0.1, -0.05) is 12.1 Å². The highest BCUT2D eigenvalue weighted by molar-refractivity contribution is 5.89. The van der Waals surface area contributed by atoms with Crippen molar-refractivity contribution in [2.45, 2.75) is 31.3 Å². The molecule has 1 saturated carbocycles. The smallest absolute Gasteiger partial charge is 0.240 e. The van der Waals surface area contributed by atoms with Crippen molar-refractivity contribution >= 4 is 18.3 Å². The van der Waals surface area contributed by atoms with Crippen LogP contribution in [0.15, 0.2) is 24.3 Å². The van der Waals surface area contributed by atoms with E-state index in [1.54, 1.807) is 7.11 Å². The van der Waals surface area contributed by atoms with Crippen molar-refractivity contribution in [2.75, 3.05) is 7.11 Å². The van der Waals surface area contributed by atoms with Gasteiger partial charge < -0.3 is 15.8 Å². The van der Waals surface area contributed by atoms with Gasteiger partial charge in [0.05, 0.1) is 18.7 Å². The summed E-state index contributed by atoms with van der Waals surface area (Å²) in [6.45, 7) is 1.94. The summed E-state index contributed by atoms with van der Waals surface area (Å²) >= 11 is 0. The highest BCUT2D eigenvalue weighted by Gasteiger charge is 2.46. The molecule has 1 aromatic rings. The SMILES string of the molecule is COc1cccc(C(C)NC(=O)C2(N)CC2)c1.Cl. The molecule has 1 unspecified atom stereocenters. The van der Waals surface area contributed by atoms with Gasteiger partial charge in [0.1, 0.15) is 5.75 Å². The molecule has 0 saturated heterocycles. The van der Waals surface area contributed by atoms with E-state index in [1.807, 2.05) is 31.2 Å². The van der Waals surface area contributed by atoms with E-state index in [2.05, 4.69) is 5.32 Å². The van der Waals surface area contributed by atoms with Gasteiger partial charge in [-0.2, -0.15) is 0 Å². The van der Waals surface area contributed by atoms with Gasteiger partial charge >= 0.3 is 0 Å². The molecular weight excluding hydrogens is 252 g/mol. The first kappa shape index (κ1) is 14.8. The van der Waals surface area contributed by atoms with E-state index in [4.69, 9.17) is 10.5 Å². The van der Waals surface area contributed by atoms with E-state index in [9.17, 15) is 4.79 Å². The van der Waals surface area contributed by atoms with Crippen LogP contribution in [0.5, 0.6) is 5.75 Å². The van der Waals surface area contributed by atoms with Crippen LogP contribution >= 0.6 is 12.4 Å². The number of methoxy groups -OCH3 is 1. The maximum absolute atomic E-state index is 11.8. The summed E-state index contributed by atoms with van der Waals surface area (Å²) in [5, 5.41) is 2.93. The first-order chi connectivity index (χ1) is 8.05. The zero-order valence-electron chi connectivity index (χ0n) is 10.6. The molecule has 1 atom stereocenters. The van der Waals surface area contributed by atoms with Crippen LogP contribution < -0.4 is 15.8 Å². The lowest BCUT2D eigenvalue weighted by molar-refractivity contribution is -0.123. The molecule has 1 aliphatic carbocycles. The molecule has 5 heteroatoms. The van der Waals surface area contributed by atoms with Crippen molar-refractivity contribution in [3.63, 3.8) is 0 Å². The van der Waals surface area contributed by atoms with Gasteiger partial charge in [0.2, 0.25) is 5.91 Å². The van der Waals surface area contributed by atoms with Crippen LogP contribution in [0, 0.1) is 0 Å². The third-order valence-corrected chi connectivity index (χ3v) is 3.18. The summed E-state index contributed by atoms with van der Waals surface area (Å²) in [5.74, 6) is 0.727. The number of hydrogen-bond acceptors (Lipinski definition) is 3. The molecule has 1 aliphatic rings. The largest absolute Gasteiger partial charge is 0.497 e. The molecule has 0 aliphatic heterocycles. The van der Waals surface area contributed by atoms with Crippen LogP contribution in [0.1, 0.15) is 31.4 Å². The second-order valence-corrected chi connectivity index (χ2v) is 4.63. The monoisotopic (exact) mass is 270 g/mol. The number of nitrogens with two attached hydrogens (primary N) is 1. The van der Waals surface area contributed by atoms with Crippen molar-refractivity contribution < 1.29 is 9.53 Å².